The zero-order valence-corrected chi connectivity index (χ0v) is 15.2. The Hall–Kier alpha value is -2.82. The van der Waals surface area contributed by atoms with Crippen molar-refractivity contribution in [1.29, 1.82) is 0 Å². The van der Waals surface area contributed by atoms with Gasteiger partial charge in [-0.2, -0.15) is 4.98 Å². The Morgan fingerprint density at radius 3 is 2.48 bits per heavy atom. The average molecular weight is 336 g/mol. The van der Waals surface area contributed by atoms with Crippen LogP contribution in [-0.2, 0) is 6.42 Å². The van der Waals surface area contributed by atoms with Crippen molar-refractivity contribution in [2.45, 2.75) is 13.3 Å². The van der Waals surface area contributed by atoms with Crippen LogP contribution in [0, 0.1) is 6.92 Å². The molecular weight excluding hydrogens is 312 g/mol. The Kier molecular flexibility index (Phi) is 5.03. The van der Waals surface area contributed by atoms with Crippen LogP contribution in [0.3, 0.4) is 0 Å². The lowest BCUT2D eigenvalue weighted by atomic mass is 10.1. The van der Waals surface area contributed by atoms with Crippen molar-refractivity contribution in [3.05, 3.63) is 60.0 Å². The summed E-state index contributed by atoms with van der Waals surface area (Å²) in [7, 11) is 6.21. The van der Waals surface area contributed by atoms with Gasteiger partial charge in [-0.05, 0) is 24.6 Å². The zero-order chi connectivity index (χ0) is 17.8. The first-order valence-electron chi connectivity index (χ1n) is 8.41. The minimum atomic E-state index is 0.642. The normalized spacial score (nSPS) is 10.7. The van der Waals surface area contributed by atoms with Crippen molar-refractivity contribution >= 4 is 11.4 Å². The Morgan fingerprint density at radius 2 is 1.76 bits per heavy atom. The van der Waals surface area contributed by atoms with Gasteiger partial charge in [-0.15, -0.1) is 0 Å². The summed E-state index contributed by atoms with van der Waals surface area (Å²) in [5.74, 6) is 1.30. The largest absolute Gasteiger partial charge is 0.377 e. The highest BCUT2D eigenvalue weighted by Crippen LogP contribution is 2.24. The molecule has 0 aliphatic heterocycles. The third-order valence-corrected chi connectivity index (χ3v) is 4.28. The summed E-state index contributed by atoms with van der Waals surface area (Å²) in [4.78, 5) is 8.84. The Bertz CT molecular complexity index is 827. The molecule has 0 radical (unpaired) electrons. The Labute approximate surface area is 148 Å². The number of rotatable bonds is 6. The number of anilines is 2. The van der Waals surface area contributed by atoms with Crippen LogP contribution in [0.2, 0.25) is 0 Å². The summed E-state index contributed by atoms with van der Waals surface area (Å²) < 4.78 is 5.39. The minimum Gasteiger partial charge on any atom is -0.377 e. The molecule has 25 heavy (non-hydrogen) atoms. The maximum Gasteiger partial charge on any atom is 0.228 e. The molecule has 0 spiro atoms. The highest BCUT2D eigenvalue weighted by atomic mass is 16.5. The molecule has 0 saturated carbocycles. The molecule has 2 aromatic carbocycles. The van der Waals surface area contributed by atoms with Gasteiger partial charge in [0.05, 0.1) is 0 Å². The van der Waals surface area contributed by atoms with Gasteiger partial charge in [-0.3, -0.25) is 0 Å². The topological polar surface area (TPSA) is 45.4 Å². The quantitative estimate of drug-likeness (QED) is 0.685. The van der Waals surface area contributed by atoms with E-state index in [0.717, 1.165) is 12.1 Å². The Balaban J connectivity index is 1.66. The monoisotopic (exact) mass is 336 g/mol. The molecule has 0 aliphatic rings. The smallest absolute Gasteiger partial charge is 0.228 e. The van der Waals surface area contributed by atoms with Gasteiger partial charge in [0.25, 0.3) is 0 Å². The molecule has 1 aromatic heterocycles. The van der Waals surface area contributed by atoms with E-state index in [1.807, 2.05) is 30.3 Å². The van der Waals surface area contributed by atoms with Gasteiger partial charge in [0.2, 0.25) is 11.7 Å². The molecule has 0 unspecified atom stereocenters. The van der Waals surface area contributed by atoms with Crippen molar-refractivity contribution in [2.24, 2.45) is 0 Å². The predicted molar refractivity (Wildman–Crippen MR) is 102 cm³/mol. The summed E-state index contributed by atoms with van der Waals surface area (Å²) in [6, 6.07) is 16.4. The number of likely N-dealkylation sites (N-methyl/N-ethyl adjacent to an activating group) is 1. The molecule has 130 valence electrons. The van der Waals surface area contributed by atoms with Crippen molar-refractivity contribution in [3.63, 3.8) is 0 Å². The third kappa shape index (κ3) is 3.99. The van der Waals surface area contributed by atoms with Crippen LogP contribution in [0.25, 0.3) is 11.4 Å². The van der Waals surface area contributed by atoms with E-state index in [9.17, 15) is 0 Å². The summed E-state index contributed by atoms with van der Waals surface area (Å²) in [6.45, 7) is 2.94. The van der Waals surface area contributed by atoms with Crippen LogP contribution in [0.15, 0.2) is 53.1 Å². The van der Waals surface area contributed by atoms with Crippen molar-refractivity contribution in [1.82, 2.24) is 10.1 Å². The number of nitrogens with zero attached hydrogens (tertiary/aromatic N) is 4. The van der Waals surface area contributed by atoms with E-state index in [2.05, 4.69) is 66.2 Å². The molecular formula is C20H24N4O. The SMILES string of the molecule is Cc1ccc(N(C)CCc2nc(-c3ccccc3)no2)cc1N(C)C. The second kappa shape index (κ2) is 7.38. The molecule has 3 rings (SSSR count). The fourth-order valence-electron chi connectivity index (χ4n) is 2.77. The average Bonchev–Trinajstić information content (AvgIpc) is 3.09. The van der Waals surface area contributed by atoms with Gasteiger partial charge in [-0.25, -0.2) is 0 Å². The molecule has 0 atom stereocenters. The van der Waals surface area contributed by atoms with E-state index in [1.54, 1.807) is 0 Å². The second-order valence-corrected chi connectivity index (χ2v) is 6.41. The number of aromatic nitrogens is 2. The van der Waals surface area contributed by atoms with Gasteiger partial charge >= 0.3 is 0 Å². The van der Waals surface area contributed by atoms with Crippen LogP contribution in [0.4, 0.5) is 11.4 Å². The zero-order valence-electron chi connectivity index (χ0n) is 15.2. The van der Waals surface area contributed by atoms with Gasteiger partial charge < -0.3 is 14.3 Å². The molecule has 0 saturated heterocycles. The molecule has 0 amide bonds. The number of hydrogen-bond donors (Lipinski definition) is 0. The van der Waals surface area contributed by atoms with E-state index in [1.165, 1.54) is 16.9 Å². The highest BCUT2D eigenvalue weighted by molar-refractivity contribution is 5.62. The van der Waals surface area contributed by atoms with Gasteiger partial charge in [0, 0.05) is 51.0 Å². The lowest BCUT2D eigenvalue weighted by molar-refractivity contribution is 0.379. The first-order valence-corrected chi connectivity index (χ1v) is 8.41. The number of hydrogen-bond acceptors (Lipinski definition) is 5. The predicted octanol–water partition coefficient (Wildman–Crippen LogP) is 3.79. The molecule has 0 N–H and O–H groups in total. The van der Waals surface area contributed by atoms with Gasteiger partial charge in [-0.1, -0.05) is 41.6 Å². The molecule has 0 aliphatic carbocycles. The van der Waals surface area contributed by atoms with Gasteiger partial charge in [0.1, 0.15) is 0 Å². The molecule has 5 nitrogen and oxygen atoms in total. The van der Waals surface area contributed by atoms with Crippen molar-refractivity contribution in [3.8, 4) is 11.4 Å². The van der Waals surface area contributed by atoms with Crippen LogP contribution in [0.1, 0.15) is 11.5 Å². The van der Waals surface area contributed by atoms with Gasteiger partial charge in [0.15, 0.2) is 0 Å². The Morgan fingerprint density at radius 1 is 1.00 bits per heavy atom. The van der Waals surface area contributed by atoms with E-state index >= 15 is 0 Å². The number of benzene rings is 2. The second-order valence-electron chi connectivity index (χ2n) is 6.41. The third-order valence-electron chi connectivity index (χ3n) is 4.28. The van der Waals surface area contributed by atoms with Crippen LogP contribution in [-0.4, -0.2) is 37.8 Å². The number of aryl methyl sites for hydroxylation is 1. The highest BCUT2D eigenvalue weighted by Gasteiger charge is 2.11. The maximum absolute atomic E-state index is 5.39. The standard InChI is InChI=1S/C20H24N4O/c1-15-10-11-17(14-18(15)23(2)3)24(4)13-12-19-21-20(22-25-19)16-8-6-5-7-9-16/h5-11,14H,12-13H2,1-4H3. The fourth-order valence-corrected chi connectivity index (χ4v) is 2.77. The molecule has 3 aromatic rings. The summed E-state index contributed by atoms with van der Waals surface area (Å²) in [5.41, 5.74) is 4.65. The lowest BCUT2D eigenvalue weighted by Crippen LogP contribution is -2.21. The maximum atomic E-state index is 5.39. The lowest BCUT2D eigenvalue weighted by Gasteiger charge is -2.22. The molecule has 5 heteroatoms. The summed E-state index contributed by atoms with van der Waals surface area (Å²) in [6.07, 6.45) is 0.710. The first kappa shape index (κ1) is 17.0. The van der Waals surface area contributed by atoms with Crippen molar-refractivity contribution < 1.29 is 4.52 Å². The van der Waals surface area contributed by atoms with Crippen LogP contribution < -0.4 is 9.80 Å². The summed E-state index contributed by atoms with van der Waals surface area (Å²) >= 11 is 0. The first-order chi connectivity index (χ1) is 12.0. The van der Waals surface area contributed by atoms with E-state index in [4.69, 9.17) is 4.52 Å². The molecule has 1 heterocycles. The fraction of sp³-hybridized carbons (Fsp3) is 0.300. The van der Waals surface area contributed by atoms with Crippen LogP contribution in [0.5, 0.6) is 0 Å². The summed E-state index contributed by atoms with van der Waals surface area (Å²) in [5, 5.41) is 4.07. The van der Waals surface area contributed by atoms with E-state index < -0.39 is 0 Å². The van der Waals surface area contributed by atoms with E-state index in [-0.39, 0.29) is 0 Å². The van der Waals surface area contributed by atoms with E-state index in [0.29, 0.717) is 18.1 Å². The molecule has 0 bridgehead atoms. The minimum absolute atomic E-state index is 0.642. The van der Waals surface area contributed by atoms with Crippen molar-refractivity contribution in [2.75, 3.05) is 37.5 Å². The molecule has 0 fully saturated rings. The van der Waals surface area contributed by atoms with Crippen LogP contribution >= 0.6 is 0 Å².